The number of unbranched alkanes of at least 4 members (excludes halogenated alkanes) is 7. The van der Waals surface area contributed by atoms with Gasteiger partial charge in [0.25, 0.3) is 0 Å². The molecule has 1 heterocycles. The zero-order valence-corrected chi connectivity index (χ0v) is 14.1. The standard InChI is InChI=1S/C18H27N4O/c1-2-3-4-5-6-7-8-11-14-23-17-13-10-9-12-16(17)15-18-19-21-22-20-18/h10,12-13H,2-8,11,14-15H2,1H3,(H,19,20,21,22). The number of benzene rings is 1. The molecule has 5 heteroatoms. The van der Waals surface area contributed by atoms with E-state index in [9.17, 15) is 0 Å². The fraction of sp³-hybridized carbons (Fsp3) is 0.611. The van der Waals surface area contributed by atoms with Crippen LogP contribution in [0.25, 0.3) is 0 Å². The third kappa shape index (κ3) is 6.80. The minimum Gasteiger partial charge on any atom is -0.493 e. The molecule has 2 rings (SSSR count). The van der Waals surface area contributed by atoms with E-state index in [0.29, 0.717) is 6.42 Å². The highest BCUT2D eigenvalue weighted by Gasteiger charge is 2.06. The summed E-state index contributed by atoms with van der Waals surface area (Å²) >= 11 is 0. The Balaban J connectivity index is 1.64. The van der Waals surface area contributed by atoms with E-state index in [1.165, 1.54) is 44.9 Å². The average molecular weight is 315 g/mol. The highest BCUT2D eigenvalue weighted by atomic mass is 16.5. The van der Waals surface area contributed by atoms with Crippen molar-refractivity contribution < 1.29 is 4.74 Å². The number of aromatic amines is 1. The summed E-state index contributed by atoms with van der Waals surface area (Å²) in [6.07, 6.45) is 11.1. The number of ether oxygens (including phenoxy) is 1. The number of tetrazole rings is 1. The number of aromatic nitrogens is 4. The number of hydrogen-bond acceptors (Lipinski definition) is 4. The van der Waals surface area contributed by atoms with Crippen molar-refractivity contribution in [2.75, 3.05) is 6.61 Å². The summed E-state index contributed by atoms with van der Waals surface area (Å²) in [4.78, 5) is 0. The van der Waals surface area contributed by atoms with Crippen molar-refractivity contribution in [3.05, 3.63) is 35.7 Å². The van der Waals surface area contributed by atoms with Crippen molar-refractivity contribution in [2.24, 2.45) is 0 Å². The van der Waals surface area contributed by atoms with Crippen LogP contribution < -0.4 is 4.74 Å². The number of hydrogen-bond donors (Lipinski definition) is 1. The molecule has 0 saturated heterocycles. The zero-order chi connectivity index (χ0) is 16.2. The number of nitrogens with one attached hydrogen (secondary N) is 1. The molecular formula is C18H27N4O. The van der Waals surface area contributed by atoms with Crippen LogP contribution in [0.5, 0.6) is 5.75 Å². The van der Waals surface area contributed by atoms with Crippen molar-refractivity contribution in [2.45, 2.75) is 64.7 Å². The molecule has 1 N–H and O–H groups in total. The second kappa shape index (κ2) is 10.8. The molecule has 1 aromatic heterocycles. The summed E-state index contributed by atoms with van der Waals surface area (Å²) < 4.78 is 5.93. The van der Waals surface area contributed by atoms with E-state index < -0.39 is 0 Å². The Morgan fingerprint density at radius 1 is 1.09 bits per heavy atom. The van der Waals surface area contributed by atoms with Gasteiger partial charge >= 0.3 is 0 Å². The summed E-state index contributed by atoms with van der Waals surface area (Å²) in [5.74, 6) is 1.64. The third-order valence-electron chi connectivity index (χ3n) is 3.91. The van der Waals surface area contributed by atoms with E-state index in [4.69, 9.17) is 4.74 Å². The van der Waals surface area contributed by atoms with Gasteiger partial charge in [0.05, 0.1) is 6.61 Å². The van der Waals surface area contributed by atoms with E-state index in [-0.39, 0.29) is 0 Å². The summed E-state index contributed by atoms with van der Waals surface area (Å²) in [6, 6.07) is 8.86. The molecule has 5 nitrogen and oxygen atoms in total. The fourth-order valence-electron chi connectivity index (χ4n) is 2.58. The highest BCUT2D eigenvalue weighted by molar-refractivity contribution is 5.34. The van der Waals surface area contributed by atoms with Crippen LogP contribution >= 0.6 is 0 Å². The molecule has 0 aliphatic rings. The van der Waals surface area contributed by atoms with Gasteiger partial charge in [-0.3, -0.25) is 0 Å². The van der Waals surface area contributed by atoms with Crippen molar-refractivity contribution in [3.8, 4) is 5.75 Å². The van der Waals surface area contributed by atoms with Gasteiger partial charge in [0, 0.05) is 12.0 Å². The molecule has 0 aliphatic heterocycles. The molecule has 1 radical (unpaired) electrons. The molecule has 2 aromatic rings. The highest BCUT2D eigenvalue weighted by Crippen LogP contribution is 2.20. The smallest absolute Gasteiger partial charge is 0.153 e. The van der Waals surface area contributed by atoms with Crippen LogP contribution in [0.3, 0.4) is 0 Å². The molecule has 0 amide bonds. The topological polar surface area (TPSA) is 63.7 Å². The summed E-state index contributed by atoms with van der Waals surface area (Å²) in [5, 5.41) is 13.9. The lowest BCUT2D eigenvalue weighted by Crippen LogP contribution is -2.01. The Morgan fingerprint density at radius 3 is 2.61 bits per heavy atom. The van der Waals surface area contributed by atoms with Crippen LogP contribution in [-0.2, 0) is 6.42 Å². The van der Waals surface area contributed by atoms with Gasteiger partial charge in [0.1, 0.15) is 5.75 Å². The summed E-state index contributed by atoms with van der Waals surface area (Å²) in [5.41, 5.74) is 1.06. The Morgan fingerprint density at radius 2 is 1.87 bits per heavy atom. The molecule has 0 unspecified atom stereocenters. The minimum absolute atomic E-state index is 0.636. The van der Waals surface area contributed by atoms with Crippen molar-refractivity contribution in [3.63, 3.8) is 0 Å². The van der Waals surface area contributed by atoms with Gasteiger partial charge in [-0.25, -0.2) is 5.10 Å². The first-order valence-corrected chi connectivity index (χ1v) is 8.74. The van der Waals surface area contributed by atoms with Crippen LogP contribution in [0.1, 0.15) is 69.7 Å². The molecule has 23 heavy (non-hydrogen) atoms. The first kappa shape index (κ1) is 17.4. The second-order valence-electron chi connectivity index (χ2n) is 5.88. The van der Waals surface area contributed by atoms with Gasteiger partial charge in [-0.2, -0.15) is 0 Å². The molecule has 0 spiro atoms. The minimum atomic E-state index is 0.636. The normalized spacial score (nSPS) is 10.8. The lowest BCUT2D eigenvalue weighted by molar-refractivity contribution is 0.301. The number of H-pyrrole nitrogens is 1. The maximum absolute atomic E-state index is 5.93. The van der Waals surface area contributed by atoms with Crippen LogP contribution in [0.4, 0.5) is 0 Å². The van der Waals surface area contributed by atoms with Crippen LogP contribution in [0.15, 0.2) is 18.2 Å². The van der Waals surface area contributed by atoms with E-state index in [1.807, 2.05) is 18.2 Å². The van der Waals surface area contributed by atoms with Crippen LogP contribution in [0.2, 0.25) is 0 Å². The Kier molecular flexibility index (Phi) is 8.16. The first-order valence-electron chi connectivity index (χ1n) is 8.74. The monoisotopic (exact) mass is 315 g/mol. The molecule has 0 fully saturated rings. The van der Waals surface area contributed by atoms with Gasteiger partial charge in [-0.15, -0.1) is 5.10 Å². The average Bonchev–Trinajstić information content (AvgIpc) is 3.08. The molecule has 0 saturated carbocycles. The molecular weight excluding hydrogens is 288 g/mol. The quantitative estimate of drug-likeness (QED) is 0.599. The predicted octanol–water partition coefficient (Wildman–Crippen LogP) is 4.11. The van der Waals surface area contributed by atoms with E-state index >= 15 is 0 Å². The van der Waals surface area contributed by atoms with E-state index in [0.717, 1.165) is 30.2 Å². The van der Waals surface area contributed by atoms with E-state index in [1.54, 1.807) is 0 Å². The first-order chi connectivity index (χ1) is 11.4. The third-order valence-corrected chi connectivity index (χ3v) is 3.91. The Hall–Kier alpha value is -1.91. The maximum Gasteiger partial charge on any atom is 0.153 e. The van der Waals surface area contributed by atoms with E-state index in [2.05, 4.69) is 33.6 Å². The summed E-state index contributed by atoms with van der Waals surface area (Å²) in [7, 11) is 0. The fourth-order valence-corrected chi connectivity index (χ4v) is 2.58. The van der Waals surface area contributed by atoms with Crippen molar-refractivity contribution in [1.82, 2.24) is 20.6 Å². The van der Waals surface area contributed by atoms with Gasteiger partial charge in [0.15, 0.2) is 5.82 Å². The van der Waals surface area contributed by atoms with Gasteiger partial charge in [-0.05, 0) is 35.0 Å². The summed E-state index contributed by atoms with van der Waals surface area (Å²) in [6.45, 7) is 3.02. The van der Waals surface area contributed by atoms with Crippen LogP contribution in [-0.4, -0.2) is 27.2 Å². The Labute approximate surface area is 138 Å². The van der Waals surface area contributed by atoms with Gasteiger partial charge < -0.3 is 4.74 Å². The predicted molar refractivity (Wildman–Crippen MR) is 90.4 cm³/mol. The SMILES string of the molecule is CCCCCCCCCCOc1cc[c]cc1Cc1nnn[nH]1. The number of rotatable bonds is 12. The van der Waals surface area contributed by atoms with Crippen molar-refractivity contribution >= 4 is 0 Å². The zero-order valence-electron chi connectivity index (χ0n) is 14.1. The molecule has 1 aromatic carbocycles. The molecule has 125 valence electrons. The largest absolute Gasteiger partial charge is 0.493 e. The molecule has 0 bridgehead atoms. The van der Waals surface area contributed by atoms with Gasteiger partial charge in [-0.1, -0.05) is 57.9 Å². The lowest BCUT2D eigenvalue weighted by Gasteiger charge is -2.10. The number of nitrogens with zero attached hydrogens (tertiary/aromatic N) is 3. The molecule has 0 aliphatic carbocycles. The van der Waals surface area contributed by atoms with Gasteiger partial charge in [0.2, 0.25) is 0 Å². The Bertz CT molecular complexity index is 528. The maximum atomic E-state index is 5.93. The van der Waals surface area contributed by atoms with Crippen molar-refractivity contribution in [1.29, 1.82) is 0 Å². The second-order valence-corrected chi connectivity index (χ2v) is 5.88. The lowest BCUT2D eigenvalue weighted by atomic mass is 10.1. The van der Waals surface area contributed by atoms with Crippen LogP contribution in [0, 0.1) is 6.07 Å². The molecule has 0 atom stereocenters.